The molecule has 164 valence electrons. The number of amides is 1. The SMILES string of the molecule is Cc1ccc(OCc2csc(C(=O)Nc3c(C)nn(Cc4ccc(Br)cc4)c3C)c2)cc1. The van der Waals surface area contributed by atoms with Crippen LogP contribution < -0.4 is 10.1 Å². The Balaban J connectivity index is 1.41. The molecule has 2 aromatic carbocycles. The molecule has 1 N–H and O–H groups in total. The lowest BCUT2D eigenvalue weighted by Gasteiger charge is -2.07. The number of hydrogen-bond acceptors (Lipinski definition) is 4. The highest BCUT2D eigenvalue weighted by Crippen LogP contribution is 2.24. The minimum absolute atomic E-state index is 0.133. The zero-order valence-corrected chi connectivity index (χ0v) is 20.6. The van der Waals surface area contributed by atoms with E-state index < -0.39 is 0 Å². The van der Waals surface area contributed by atoms with Crippen LogP contribution in [-0.2, 0) is 13.2 Å². The number of hydrogen-bond donors (Lipinski definition) is 1. The van der Waals surface area contributed by atoms with E-state index >= 15 is 0 Å². The molecule has 0 radical (unpaired) electrons. The Labute approximate surface area is 200 Å². The van der Waals surface area contributed by atoms with Crippen molar-refractivity contribution in [3.05, 3.63) is 97.4 Å². The van der Waals surface area contributed by atoms with Gasteiger partial charge in [-0.25, -0.2) is 0 Å². The molecule has 4 aromatic rings. The topological polar surface area (TPSA) is 56.1 Å². The Bertz CT molecular complexity index is 1230. The number of ether oxygens (including phenoxy) is 1. The summed E-state index contributed by atoms with van der Waals surface area (Å²) in [6.45, 7) is 7.01. The molecule has 32 heavy (non-hydrogen) atoms. The summed E-state index contributed by atoms with van der Waals surface area (Å²) in [4.78, 5) is 13.5. The molecule has 0 bridgehead atoms. The van der Waals surface area contributed by atoms with Crippen LogP contribution in [0.15, 0.2) is 64.5 Å². The molecule has 0 fully saturated rings. The van der Waals surface area contributed by atoms with E-state index in [-0.39, 0.29) is 5.91 Å². The van der Waals surface area contributed by atoms with Crippen molar-refractivity contribution in [3.63, 3.8) is 0 Å². The highest BCUT2D eigenvalue weighted by Gasteiger charge is 2.17. The van der Waals surface area contributed by atoms with Gasteiger partial charge in [0.1, 0.15) is 12.4 Å². The molecule has 0 aliphatic carbocycles. The summed E-state index contributed by atoms with van der Waals surface area (Å²) in [7, 11) is 0. The Morgan fingerprint density at radius 2 is 1.78 bits per heavy atom. The monoisotopic (exact) mass is 509 g/mol. The number of halogens is 1. The van der Waals surface area contributed by atoms with Crippen molar-refractivity contribution < 1.29 is 9.53 Å². The third-order valence-corrected chi connectivity index (χ3v) is 6.68. The number of carbonyl (C=O) groups is 1. The molecule has 1 amide bonds. The number of aromatic nitrogens is 2. The predicted molar refractivity (Wildman–Crippen MR) is 133 cm³/mol. The molecular formula is C25H24BrN3O2S. The van der Waals surface area contributed by atoms with Gasteiger partial charge >= 0.3 is 0 Å². The van der Waals surface area contributed by atoms with E-state index in [0.717, 1.165) is 38.4 Å². The van der Waals surface area contributed by atoms with Crippen LogP contribution in [-0.4, -0.2) is 15.7 Å². The lowest BCUT2D eigenvalue weighted by molar-refractivity contribution is 0.103. The van der Waals surface area contributed by atoms with Crippen LogP contribution in [0.4, 0.5) is 5.69 Å². The van der Waals surface area contributed by atoms with Gasteiger partial charge in [-0.1, -0.05) is 45.8 Å². The van der Waals surface area contributed by atoms with Gasteiger partial charge in [-0.3, -0.25) is 9.48 Å². The molecule has 0 spiro atoms. The maximum atomic E-state index is 12.9. The first-order valence-electron chi connectivity index (χ1n) is 10.3. The van der Waals surface area contributed by atoms with Gasteiger partial charge in [-0.2, -0.15) is 5.10 Å². The van der Waals surface area contributed by atoms with Crippen molar-refractivity contribution in [1.29, 1.82) is 0 Å². The fourth-order valence-electron chi connectivity index (χ4n) is 3.34. The van der Waals surface area contributed by atoms with Crippen LogP contribution in [0, 0.1) is 20.8 Å². The molecule has 2 heterocycles. The third kappa shape index (κ3) is 5.29. The average molecular weight is 510 g/mol. The predicted octanol–water partition coefficient (Wildman–Crippen LogP) is 6.51. The number of rotatable bonds is 7. The van der Waals surface area contributed by atoms with Crippen molar-refractivity contribution >= 4 is 38.9 Å². The Morgan fingerprint density at radius 1 is 1.06 bits per heavy atom. The summed E-state index contributed by atoms with van der Waals surface area (Å²) in [5, 5.41) is 9.62. The van der Waals surface area contributed by atoms with E-state index in [4.69, 9.17) is 4.74 Å². The molecular weight excluding hydrogens is 486 g/mol. The summed E-state index contributed by atoms with van der Waals surface area (Å²) in [5.74, 6) is 0.684. The fraction of sp³-hybridized carbons (Fsp3) is 0.200. The highest BCUT2D eigenvalue weighted by atomic mass is 79.9. The molecule has 0 saturated carbocycles. The highest BCUT2D eigenvalue weighted by molar-refractivity contribution is 9.10. The molecule has 0 aliphatic heterocycles. The van der Waals surface area contributed by atoms with Crippen LogP contribution in [0.1, 0.15) is 37.7 Å². The number of anilines is 1. The minimum Gasteiger partial charge on any atom is -0.489 e. The first kappa shape index (κ1) is 22.3. The quantitative estimate of drug-likeness (QED) is 0.308. The number of carbonyl (C=O) groups excluding carboxylic acids is 1. The number of thiophene rings is 1. The van der Waals surface area contributed by atoms with Crippen molar-refractivity contribution in [2.75, 3.05) is 5.32 Å². The van der Waals surface area contributed by atoms with Crippen LogP contribution in [0.5, 0.6) is 5.75 Å². The van der Waals surface area contributed by atoms with E-state index in [1.807, 2.05) is 73.3 Å². The summed E-state index contributed by atoms with van der Waals surface area (Å²) in [6.07, 6.45) is 0. The second kappa shape index (κ2) is 9.71. The normalized spacial score (nSPS) is 10.9. The lowest BCUT2D eigenvalue weighted by atomic mass is 10.2. The molecule has 0 atom stereocenters. The lowest BCUT2D eigenvalue weighted by Crippen LogP contribution is -2.12. The molecule has 5 nitrogen and oxygen atoms in total. The van der Waals surface area contributed by atoms with Gasteiger partial charge in [0, 0.05) is 10.0 Å². The molecule has 7 heteroatoms. The Morgan fingerprint density at radius 3 is 2.50 bits per heavy atom. The van der Waals surface area contributed by atoms with E-state index in [0.29, 0.717) is 18.0 Å². The van der Waals surface area contributed by atoms with Gasteiger partial charge in [0.2, 0.25) is 0 Å². The first-order chi connectivity index (χ1) is 15.4. The van der Waals surface area contributed by atoms with E-state index in [1.165, 1.54) is 16.9 Å². The van der Waals surface area contributed by atoms with Crippen molar-refractivity contribution in [2.24, 2.45) is 0 Å². The van der Waals surface area contributed by atoms with E-state index in [2.05, 4.69) is 38.5 Å². The Hall–Kier alpha value is -2.90. The van der Waals surface area contributed by atoms with Crippen molar-refractivity contribution in [3.8, 4) is 5.75 Å². The summed E-state index contributed by atoms with van der Waals surface area (Å²) < 4.78 is 8.79. The van der Waals surface area contributed by atoms with Gasteiger partial charge in [0.25, 0.3) is 5.91 Å². The Kier molecular flexibility index (Phi) is 6.77. The van der Waals surface area contributed by atoms with Crippen molar-refractivity contribution in [2.45, 2.75) is 33.9 Å². The molecule has 0 unspecified atom stereocenters. The third-order valence-electron chi connectivity index (χ3n) is 5.17. The van der Waals surface area contributed by atoms with Gasteiger partial charge in [0.15, 0.2) is 0 Å². The van der Waals surface area contributed by atoms with Crippen LogP contribution >= 0.6 is 27.3 Å². The molecule has 0 aliphatic rings. The van der Waals surface area contributed by atoms with Crippen LogP contribution in [0.2, 0.25) is 0 Å². The molecule has 4 rings (SSSR count). The van der Waals surface area contributed by atoms with Crippen LogP contribution in [0.25, 0.3) is 0 Å². The second-order valence-corrected chi connectivity index (χ2v) is 9.53. The number of nitrogens with one attached hydrogen (secondary N) is 1. The zero-order chi connectivity index (χ0) is 22.7. The first-order valence-corrected chi connectivity index (χ1v) is 11.9. The fourth-order valence-corrected chi connectivity index (χ4v) is 4.40. The summed E-state index contributed by atoms with van der Waals surface area (Å²) >= 11 is 4.87. The van der Waals surface area contributed by atoms with Gasteiger partial charge < -0.3 is 10.1 Å². The van der Waals surface area contributed by atoms with E-state index in [1.54, 1.807) is 0 Å². The van der Waals surface area contributed by atoms with Gasteiger partial charge in [0.05, 0.1) is 28.5 Å². The standard InChI is InChI=1S/C25H24BrN3O2S/c1-16-4-10-22(11-5-16)31-14-20-12-23(32-15-20)25(30)27-24-17(2)28-29(18(24)3)13-19-6-8-21(26)9-7-19/h4-12,15H,13-14H2,1-3H3,(H,27,30). The maximum absolute atomic E-state index is 12.9. The minimum atomic E-state index is -0.133. The van der Waals surface area contributed by atoms with Gasteiger partial charge in [-0.15, -0.1) is 11.3 Å². The van der Waals surface area contributed by atoms with Crippen LogP contribution in [0.3, 0.4) is 0 Å². The van der Waals surface area contributed by atoms with Gasteiger partial charge in [-0.05, 0) is 62.0 Å². The smallest absolute Gasteiger partial charge is 0.265 e. The summed E-state index contributed by atoms with van der Waals surface area (Å²) in [6, 6.07) is 18.0. The summed E-state index contributed by atoms with van der Waals surface area (Å²) in [5.41, 5.74) is 5.80. The molecule has 0 saturated heterocycles. The number of benzene rings is 2. The molecule has 2 aromatic heterocycles. The van der Waals surface area contributed by atoms with Crippen molar-refractivity contribution in [1.82, 2.24) is 9.78 Å². The van der Waals surface area contributed by atoms with E-state index in [9.17, 15) is 4.79 Å². The zero-order valence-electron chi connectivity index (χ0n) is 18.2. The largest absolute Gasteiger partial charge is 0.489 e. The number of aryl methyl sites for hydroxylation is 2. The second-order valence-electron chi connectivity index (χ2n) is 7.70. The maximum Gasteiger partial charge on any atom is 0.265 e. The number of nitrogens with zero attached hydrogens (tertiary/aromatic N) is 2. The average Bonchev–Trinajstić information content (AvgIpc) is 3.35.